The lowest BCUT2D eigenvalue weighted by Gasteiger charge is -2.19. The van der Waals surface area contributed by atoms with E-state index >= 15 is 0 Å². The van der Waals surface area contributed by atoms with Gasteiger partial charge >= 0.3 is 0 Å². The molecule has 0 spiro atoms. The van der Waals surface area contributed by atoms with Crippen LogP contribution in [0.15, 0.2) is 18.2 Å². The molecule has 0 heterocycles. The zero-order chi connectivity index (χ0) is 10.1. The van der Waals surface area contributed by atoms with Crippen LogP contribution in [-0.2, 0) is 5.41 Å². The molecule has 0 atom stereocenters. The summed E-state index contributed by atoms with van der Waals surface area (Å²) in [6, 6.07) is 5.88. The summed E-state index contributed by atoms with van der Waals surface area (Å²) in [5.74, 6) is 2.58. The molecule has 0 aromatic heterocycles. The summed E-state index contributed by atoms with van der Waals surface area (Å²) in [6.07, 6.45) is 5.33. The number of anilines is 1. The Kier molecular flexibility index (Phi) is 2.34. The molecular weight excluding hydrogens is 158 g/mol. The molecule has 1 aromatic rings. The summed E-state index contributed by atoms with van der Waals surface area (Å²) in [4.78, 5) is 0. The van der Waals surface area contributed by atoms with Crippen LogP contribution in [0.4, 0.5) is 5.69 Å². The first-order valence-electron chi connectivity index (χ1n) is 4.32. The van der Waals surface area contributed by atoms with Gasteiger partial charge in [-0.3, -0.25) is 0 Å². The lowest BCUT2D eigenvalue weighted by Crippen LogP contribution is -2.11. The second-order valence-corrected chi connectivity index (χ2v) is 4.20. The fourth-order valence-electron chi connectivity index (χ4n) is 1.15. The Morgan fingerprint density at radius 1 is 1.31 bits per heavy atom. The van der Waals surface area contributed by atoms with Crippen LogP contribution in [0, 0.1) is 12.3 Å². The molecular formula is C12H15N. The molecule has 0 amide bonds. The van der Waals surface area contributed by atoms with Gasteiger partial charge in [-0.2, -0.15) is 0 Å². The van der Waals surface area contributed by atoms with Crippen molar-refractivity contribution in [1.82, 2.24) is 0 Å². The Hall–Kier alpha value is -1.42. The van der Waals surface area contributed by atoms with Crippen molar-refractivity contribution in [3.63, 3.8) is 0 Å². The average Bonchev–Trinajstić information content (AvgIpc) is 2.03. The van der Waals surface area contributed by atoms with Crippen LogP contribution in [0.5, 0.6) is 0 Å². The van der Waals surface area contributed by atoms with Gasteiger partial charge in [0.05, 0.1) is 0 Å². The van der Waals surface area contributed by atoms with E-state index < -0.39 is 0 Å². The van der Waals surface area contributed by atoms with Crippen molar-refractivity contribution in [2.45, 2.75) is 26.2 Å². The van der Waals surface area contributed by atoms with Crippen molar-refractivity contribution < 1.29 is 0 Å². The Morgan fingerprint density at radius 3 is 2.38 bits per heavy atom. The molecule has 1 aromatic carbocycles. The van der Waals surface area contributed by atoms with Crippen LogP contribution >= 0.6 is 0 Å². The molecule has 0 saturated carbocycles. The van der Waals surface area contributed by atoms with Gasteiger partial charge in [0.25, 0.3) is 0 Å². The molecule has 0 aliphatic rings. The molecule has 2 N–H and O–H groups in total. The van der Waals surface area contributed by atoms with Crippen molar-refractivity contribution in [1.29, 1.82) is 0 Å². The van der Waals surface area contributed by atoms with E-state index in [1.807, 2.05) is 18.2 Å². The number of nitrogens with two attached hydrogens (primary N) is 1. The Morgan fingerprint density at radius 2 is 1.92 bits per heavy atom. The minimum absolute atomic E-state index is 0.124. The van der Waals surface area contributed by atoms with E-state index in [4.69, 9.17) is 12.2 Å². The Labute approximate surface area is 80.0 Å². The third-order valence-corrected chi connectivity index (χ3v) is 2.07. The maximum Gasteiger partial charge on any atom is 0.0475 e. The predicted octanol–water partition coefficient (Wildman–Crippen LogP) is 2.55. The first-order chi connectivity index (χ1) is 5.95. The van der Waals surface area contributed by atoms with E-state index in [2.05, 4.69) is 26.7 Å². The summed E-state index contributed by atoms with van der Waals surface area (Å²) >= 11 is 0. The Balaban J connectivity index is 3.24. The normalized spacial score (nSPS) is 10.9. The van der Waals surface area contributed by atoms with Crippen LogP contribution in [0.1, 0.15) is 31.9 Å². The van der Waals surface area contributed by atoms with Gasteiger partial charge in [0.15, 0.2) is 0 Å². The van der Waals surface area contributed by atoms with Crippen molar-refractivity contribution in [2.24, 2.45) is 0 Å². The van der Waals surface area contributed by atoms with Crippen molar-refractivity contribution in [3.8, 4) is 12.3 Å². The molecule has 0 aliphatic carbocycles. The Bertz CT molecular complexity index is 350. The molecule has 1 rings (SSSR count). The van der Waals surface area contributed by atoms with Crippen LogP contribution in [0.2, 0.25) is 0 Å². The van der Waals surface area contributed by atoms with Gasteiger partial charge in [-0.25, -0.2) is 0 Å². The second kappa shape index (κ2) is 3.14. The van der Waals surface area contributed by atoms with Gasteiger partial charge in [-0.1, -0.05) is 32.8 Å². The van der Waals surface area contributed by atoms with E-state index in [0.29, 0.717) is 5.69 Å². The SMILES string of the molecule is C#Cc1cc(C(C)(C)C)ccc1N. The summed E-state index contributed by atoms with van der Waals surface area (Å²) in [5, 5.41) is 0. The lowest BCUT2D eigenvalue weighted by atomic mass is 9.86. The highest BCUT2D eigenvalue weighted by Crippen LogP contribution is 2.24. The maximum atomic E-state index is 5.70. The summed E-state index contributed by atoms with van der Waals surface area (Å²) in [7, 11) is 0. The zero-order valence-electron chi connectivity index (χ0n) is 8.39. The van der Waals surface area contributed by atoms with Crippen molar-refractivity contribution in [3.05, 3.63) is 29.3 Å². The van der Waals surface area contributed by atoms with E-state index in [9.17, 15) is 0 Å². The van der Waals surface area contributed by atoms with Crippen LogP contribution in [0.3, 0.4) is 0 Å². The highest BCUT2D eigenvalue weighted by atomic mass is 14.6. The molecule has 0 saturated heterocycles. The quantitative estimate of drug-likeness (QED) is 0.473. The van der Waals surface area contributed by atoms with E-state index in [-0.39, 0.29) is 5.41 Å². The number of rotatable bonds is 0. The topological polar surface area (TPSA) is 26.0 Å². The number of terminal acetylenes is 1. The summed E-state index contributed by atoms with van der Waals surface area (Å²) in [5.41, 5.74) is 8.50. The third-order valence-electron chi connectivity index (χ3n) is 2.07. The smallest absolute Gasteiger partial charge is 0.0475 e. The maximum absolute atomic E-state index is 5.70. The largest absolute Gasteiger partial charge is 0.398 e. The summed E-state index contributed by atoms with van der Waals surface area (Å²) in [6.45, 7) is 6.45. The number of benzene rings is 1. The first-order valence-corrected chi connectivity index (χ1v) is 4.32. The highest BCUT2D eigenvalue weighted by molar-refractivity contribution is 5.57. The van der Waals surface area contributed by atoms with Gasteiger partial charge < -0.3 is 5.73 Å². The standard InChI is InChI=1S/C12H15N/c1-5-9-8-10(12(2,3)4)6-7-11(9)13/h1,6-8H,13H2,2-4H3. The number of hydrogen-bond acceptors (Lipinski definition) is 1. The molecule has 68 valence electrons. The number of nitrogen functional groups attached to an aromatic ring is 1. The first kappa shape index (κ1) is 9.67. The minimum atomic E-state index is 0.124. The predicted molar refractivity (Wildman–Crippen MR) is 57.5 cm³/mol. The average molecular weight is 173 g/mol. The molecule has 0 unspecified atom stereocenters. The van der Waals surface area contributed by atoms with Crippen LogP contribution < -0.4 is 5.73 Å². The molecule has 1 heteroatoms. The van der Waals surface area contributed by atoms with E-state index in [0.717, 1.165) is 5.56 Å². The van der Waals surface area contributed by atoms with Gasteiger partial charge in [0.2, 0.25) is 0 Å². The minimum Gasteiger partial charge on any atom is -0.398 e. The summed E-state index contributed by atoms with van der Waals surface area (Å²) < 4.78 is 0. The van der Waals surface area contributed by atoms with Crippen molar-refractivity contribution in [2.75, 3.05) is 5.73 Å². The van der Waals surface area contributed by atoms with E-state index in [1.165, 1.54) is 5.56 Å². The fraction of sp³-hybridized carbons (Fsp3) is 0.333. The van der Waals surface area contributed by atoms with E-state index in [1.54, 1.807) is 0 Å². The molecule has 0 aliphatic heterocycles. The molecule has 0 radical (unpaired) electrons. The fourth-order valence-corrected chi connectivity index (χ4v) is 1.15. The lowest BCUT2D eigenvalue weighted by molar-refractivity contribution is 0.590. The van der Waals surface area contributed by atoms with Gasteiger partial charge in [0, 0.05) is 11.3 Å². The highest BCUT2D eigenvalue weighted by Gasteiger charge is 2.14. The third kappa shape index (κ3) is 2.03. The van der Waals surface area contributed by atoms with Crippen LogP contribution in [-0.4, -0.2) is 0 Å². The molecule has 0 bridgehead atoms. The second-order valence-electron chi connectivity index (χ2n) is 4.20. The molecule has 13 heavy (non-hydrogen) atoms. The van der Waals surface area contributed by atoms with Gasteiger partial charge in [-0.05, 0) is 23.1 Å². The van der Waals surface area contributed by atoms with Crippen molar-refractivity contribution >= 4 is 5.69 Å². The molecule has 1 nitrogen and oxygen atoms in total. The number of hydrogen-bond donors (Lipinski definition) is 1. The monoisotopic (exact) mass is 173 g/mol. The molecule has 0 fully saturated rings. The van der Waals surface area contributed by atoms with Crippen LogP contribution in [0.25, 0.3) is 0 Å². The van der Waals surface area contributed by atoms with Gasteiger partial charge in [-0.15, -0.1) is 6.42 Å². The zero-order valence-corrected chi connectivity index (χ0v) is 8.39. The van der Waals surface area contributed by atoms with Gasteiger partial charge in [0.1, 0.15) is 0 Å².